The molecule has 1 aliphatic rings. The molecule has 0 saturated heterocycles. The Kier molecular flexibility index (Phi) is 7.86. The minimum absolute atomic E-state index is 0.0378. The molecule has 2 aromatic rings. The van der Waals surface area contributed by atoms with Gasteiger partial charge >= 0.3 is 5.97 Å². The Bertz CT molecular complexity index is 1170. The van der Waals surface area contributed by atoms with Gasteiger partial charge in [-0.15, -0.1) is 0 Å². The molecule has 0 saturated carbocycles. The predicted octanol–water partition coefficient (Wildman–Crippen LogP) is 5.23. The van der Waals surface area contributed by atoms with E-state index in [1.807, 2.05) is 0 Å². The number of hydrogen-bond acceptors (Lipinski definition) is 6. The number of esters is 1. The van der Waals surface area contributed by atoms with E-state index in [9.17, 15) is 14.9 Å². The molecule has 9 heteroatoms. The van der Waals surface area contributed by atoms with Gasteiger partial charge in [0, 0.05) is 21.4 Å². The largest absolute Gasteiger partial charge is 0.466 e. The standard InChI is InChI=1S/C23H19Cl2N3O3S/c1-13-20(23(30)31-2)21(16-8-3-4-9-18(16)25)17(11-26)22(27-13)32-12-19(29)28-15-7-5-6-14(24)10-15/h3-10,21,27H,12H2,1-2H3,(H,28,29)/t21-/m1/s1. The van der Waals surface area contributed by atoms with Gasteiger partial charge in [0.15, 0.2) is 0 Å². The van der Waals surface area contributed by atoms with E-state index in [0.29, 0.717) is 37.6 Å². The van der Waals surface area contributed by atoms with Gasteiger partial charge in [-0.1, -0.05) is 59.2 Å². The summed E-state index contributed by atoms with van der Waals surface area (Å²) in [5.41, 5.74) is 2.29. The van der Waals surface area contributed by atoms with E-state index in [2.05, 4.69) is 16.7 Å². The zero-order valence-corrected chi connectivity index (χ0v) is 19.6. The van der Waals surface area contributed by atoms with Crippen molar-refractivity contribution in [2.24, 2.45) is 0 Å². The highest BCUT2D eigenvalue weighted by molar-refractivity contribution is 8.03. The number of hydrogen-bond donors (Lipinski definition) is 2. The Morgan fingerprint density at radius 2 is 1.97 bits per heavy atom. The molecule has 1 amide bonds. The van der Waals surface area contributed by atoms with Crippen LogP contribution in [0, 0.1) is 11.3 Å². The molecule has 3 rings (SSSR count). The van der Waals surface area contributed by atoms with Crippen LogP contribution in [0.2, 0.25) is 10.0 Å². The zero-order chi connectivity index (χ0) is 23.3. The maximum absolute atomic E-state index is 12.6. The van der Waals surface area contributed by atoms with Gasteiger partial charge in [-0.3, -0.25) is 4.79 Å². The Hall–Kier alpha value is -2.92. The Morgan fingerprint density at radius 3 is 2.62 bits per heavy atom. The summed E-state index contributed by atoms with van der Waals surface area (Å²) < 4.78 is 4.96. The van der Waals surface area contributed by atoms with Crippen molar-refractivity contribution in [3.63, 3.8) is 0 Å². The number of amides is 1. The molecule has 164 valence electrons. The normalized spacial score (nSPS) is 15.7. The van der Waals surface area contributed by atoms with Gasteiger partial charge in [0.1, 0.15) is 0 Å². The third-order valence-corrected chi connectivity index (χ3v) is 6.32. The SMILES string of the molecule is COC(=O)C1=C(C)NC(SCC(=O)Nc2cccc(Cl)c2)=C(C#N)[C@H]1c1ccccc1Cl. The number of methoxy groups -OCH3 is 1. The summed E-state index contributed by atoms with van der Waals surface area (Å²) in [4.78, 5) is 25.0. The number of allylic oxidation sites excluding steroid dienone is 2. The van der Waals surface area contributed by atoms with E-state index in [1.54, 1.807) is 55.5 Å². The number of anilines is 1. The van der Waals surface area contributed by atoms with Crippen LogP contribution < -0.4 is 10.6 Å². The van der Waals surface area contributed by atoms with E-state index in [0.717, 1.165) is 11.8 Å². The molecular weight excluding hydrogens is 469 g/mol. The van der Waals surface area contributed by atoms with Crippen molar-refractivity contribution in [2.75, 3.05) is 18.2 Å². The molecule has 6 nitrogen and oxygen atoms in total. The first kappa shape index (κ1) is 23.7. The molecule has 0 spiro atoms. The predicted molar refractivity (Wildman–Crippen MR) is 127 cm³/mol. The molecule has 0 aromatic heterocycles. The fourth-order valence-electron chi connectivity index (χ4n) is 3.33. The van der Waals surface area contributed by atoms with Crippen molar-refractivity contribution in [1.29, 1.82) is 5.26 Å². The fraction of sp³-hybridized carbons (Fsp3) is 0.174. The highest BCUT2D eigenvalue weighted by atomic mass is 35.5. The lowest BCUT2D eigenvalue weighted by atomic mass is 9.82. The van der Waals surface area contributed by atoms with E-state index in [1.165, 1.54) is 7.11 Å². The summed E-state index contributed by atoms with van der Waals surface area (Å²) in [6, 6.07) is 16.0. The van der Waals surface area contributed by atoms with Gasteiger partial charge in [0.2, 0.25) is 5.91 Å². The fourth-order valence-corrected chi connectivity index (χ4v) is 4.66. The summed E-state index contributed by atoms with van der Waals surface area (Å²) in [7, 11) is 1.28. The maximum Gasteiger partial charge on any atom is 0.336 e. The number of thioether (sulfide) groups is 1. The first-order valence-electron chi connectivity index (χ1n) is 9.48. The lowest BCUT2D eigenvalue weighted by molar-refractivity contribution is -0.136. The summed E-state index contributed by atoms with van der Waals surface area (Å²) in [5.74, 6) is -1.51. The number of nitrogens with zero attached hydrogens (tertiary/aromatic N) is 1. The second-order valence-electron chi connectivity index (χ2n) is 6.81. The molecule has 0 fully saturated rings. The Balaban J connectivity index is 1.91. The van der Waals surface area contributed by atoms with E-state index >= 15 is 0 Å². The van der Waals surface area contributed by atoms with Crippen LogP contribution in [0.15, 0.2) is 70.4 Å². The van der Waals surface area contributed by atoms with E-state index < -0.39 is 11.9 Å². The van der Waals surface area contributed by atoms with Crippen molar-refractivity contribution in [1.82, 2.24) is 5.32 Å². The first-order chi connectivity index (χ1) is 15.3. The Morgan fingerprint density at radius 1 is 1.22 bits per heavy atom. The minimum Gasteiger partial charge on any atom is -0.466 e. The number of carbonyl (C=O) groups is 2. The molecule has 1 aliphatic heterocycles. The van der Waals surface area contributed by atoms with E-state index in [-0.39, 0.29) is 17.2 Å². The van der Waals surface area contributed by atoms with Crippen molar-refractivity contribution in [3.8, 4) is 6.07 Å². The number of benzene rings is 2. The Labute approximate surface area is 200 Å². The van der Waals surface area contributed by atoms with Gasteiger partial charge < -0.3 is 15.4 Å². The molecule has 2 N–H and O–H groups in total. The van der Waals surface area contributed by atoms with Crippen LogP contribution in [-0.4, -0.2) is 24.7 Å². The van der Waals surface area contributed by atoms with E-state index in [4.69, 9.17) is 27.9 Å². The van der Waals surface area contributed by atoms with Gasteiger partial charge in [0.05, 0.1) is 41.0 Å². The minimum atomic E-state index is -0.721. The van der Waals surface area contributed by atoms with Crippen molar-refractivity contribution in [2.45, 2.75) is 12.8 Å². The van der Waals surface area contributed by atoms with Crippen molar-refractivity contribution >= 4 is 52.5 Å². The molecule has 1 heterocycles. The number of carbonyl (C=O) groups excluding carboxylic acids is 2. The number of halogens is 2. The van der Waals surface area contributed by atoms with Gasteiger partial charge in [0.25, 0.3) is 0 Å². The number of nitrogens with one attached hydrogen (secondary N) is 2. The average molecular weight is 488 g/mol. The number of dihydropyridines is 1. The zero-order valence-electron chi connectivity index (χ0n) is 17.2. The van der Waals surface area contributed by atoms with Gasteiger partial charge in [-0.2, -0.15) is 5.26 Å². The highest BCUT2D eigenvalue weighted by Gasteiger charge is 2.36. The molecule has 0 aliphatic carbocycles. The van der Waals surface area contributed by atoms with Gasteiger partial charge in [-0.05, 0) is 36.8 Å². The highest BCUT2D eigenvalue weighted by Crippen LogP contribution is 2.43. The summed E-state index contributed by atoms with van der Waals surface area (Å²) in [6.07, 6.45) is 0. The molecule has 2 aromatic carbocycles. The monoisotopic (exact) mass is 487 g/mol. The second kappa shape index (κ2) is 10.6. The number of nitriles is 1. The van der Waals surface area contributed by atoms with Crippen molar-refractivity contribution < 1.29 is 14.3 Å². The van der Waals surface area contributed by atoms with Gasteiger partial charge in [-0.25, -0.2) is 4.79 Å². The summed E-state index contributed by atoms with van der Waals surface area (Å²) in [5, 5.41) is 17.2. The molecule has 1 atom stereocenters. The molecule has 0 radical (unpaired) electrons. The third kappa shape index (κ3) is 5.28. The average Bonchev–Trinajstić information content (AvgIpc) is 2.77. The molecule has 0 bridgehead atoms. The molecule has 0 unspecified atom stereocenters. The topological polar surface area (TPSA) is 91.2 Å². The van der Waals surface area contributed by atoms with Crippen LogP contribution in [-0.2, 0) is 14.3 Å². The van der Waals surface area contributed by atoms with Crippen LogP contribution >= 0.6 is 35.0 Å². The van der Waals surface area contributed by atoms with Crippen LogP contribution in [0.4, 0.5) is 5.69 Å². The van der Waals surface area contributed by atoms with Crippen LogP contribution in [0.5, 0.6) is 0 Å². The number of ether oxygens (including phenoxy) is 1. The summed E-state index contributed by atoms with van der Waals surface area (Å²) in [6.45, 7) is 1.72. The lowest BCUT2D eigenvalue weighted by Crippen LogP contribution is -2.29. The molecule has 32 heavy (non-hydrogen) atoms. The smallest absolute Gasteiger partial charge is 0.336 e. The first-order valence-corrected chi connectivity index (χ1v) is 11.2. The van der Waals surface area contributed by atoms with Crippen LogP contribution in [0.1, 0.15) is 18.4 Å². The third-order valence-electron chi connectivity index (χ3n) is 4.72. The van der Waals surface area contributed by atoms with Crippen LogP contribution in [0.25, 0.3) is 0 Å². The molecular formula is C23H19Cl2N3O3S. The second-order valence-corrected chi connectivity index (χ2v) is 8.64. The summed E-state index contributed by atoms with van der Waals surface area (Å²) >= 11 is 13.5. The lowest BCUT2D eigenvalue weighted by Gasteiger charge is -2.29. The quantitative estimate of drug-likeness (QED) is 0.541. The number of rotatable bonds is 6. The van der Waals surface area contributed by atoms with Crippen molar-refractivity contribution in [3.05, 3.63) is 86.0 Å². The maximum atomic E-state index is 12.6. The van der Waals surface area contributed by atoms with Crippen LogP contribution in [0.3, 0.4) is 0 Å².